The predicted molar refractivity (Wildman–Crippen MR) is 274 cm³/mol. The van der Waals surface area contributed by atoms with E-state index in [1.165, 1.54) is 89.9 Å². The maximum absolute atomic E-state index is 12.8. The topological polar surface area (TPSA) is 78.9 Å². The van der Waals surface area contributed by atoms with Crippen LogP contribution in [0.5, 0.6) is 0 Å². The molecule has 0 saturated heterocycles. The minimum Gasteiger partial charge on any atom is -0.462 e. The summed E-state index contributed by atoms with van der Waals surface area (Å²) in [4.78, 5) is 38.0. The lowest BCUT2D eigenvalue weighted by Crippen LogP contribution is -2.30. The zero-order chi connectivity index (χ0) is 46.5. The third kappa shape index (κ3) is 49.3. The van der Waals surface area contributed by atoms with Crippen molar-refractivity contribution in [3.8, 4) is 0 Å². The van der Waals surface area contributed by atoms with Crippen LogP contribution < -0.4 is 0 Å². The van der Waals surface area contributed by atoms with Crippen molar-refractivity contribution in [3.05, 3.63) is 97.2 Å². The summed E-state index contributed by atoms with van der Waals surface area (Å²) < 4.78 is 16.8. The van der Waals surface area contributed by atoms with Gasteiger partial charge in [-0.3, -0.25) is 14.4 Å². The number of rotatable bonds is 46. The van der Waals surface area contributed by atoms with Gasteiger partial charge in [0, 0.05) is 19.3 Å². The first kappa shape index (κ1) is 60.3. The summed E-state index contributed by atoms with van der Waals surface area (Å²) in [6, 6.07) is 0. The van der Waals surface area contributed by atoms with Crippen LogP contribution >= 0.6 is 0 Å². The molecule has 6 heteroatoms. The monoisotopic (exact) mass is 889 g/mol. The van der Waals surface area contributed by atoms with Crippen LogP contribution in [0.2, 0.25) is 0 Å². The first-order valence-electron chi connectivity index (χ1n) is 26.3. The molecule has 1 unspecified atom stereocenters. The fourth-order valence-electron chi connectivity index (χ4n) is 6.99. The first-order chi connectivity index (χ1) is 31.5. The van der Waals surface area contributed by atoms with Crippen molar-refractivity contribution >= 4 is 17.9 Å². The van der Waals surface area contributed by atoms with Crippen LogP contribution in [0.4, 0.5) is 0 Å². The third-order valence-electron chi connectivity index (χ3n) is 10.9. The van der Waals surface area contributed by atoms with E-state index < -0.39 is 6.10 Å². The van der Waals surface area contributed by atoms with E-state index in [1.807, 2.05) is 36.5 Å². The molecule has 0 aromatic heterocycles. The molecule has 0 aliphatic rings. The maximum atomic E-state index is 12.8. The zero-order valence-corrected chi connectivity index (χ0v) is 41.5. The number of hydrogen-bond acceptors (Lipinski definition) is 6. The molecule has 0 radical (unpaired) electrons. The Morgan fingerprint density at radius 1 is 0.344 bits per heavy atom. The standard InChI is InChI=1S/C58H96O6/c1-4-7-10-13-16-19-22-25-27-29-31-33-36-39-42-45-48-51-57(60)63-54-55(53-62-56(59)50-47-44-41-38-35-32-24-21-18-15-12-9-6-3)64-58(61)52-49-46-43-40-37-34-30-28-26-23-20-17-14-11-8-5-2/h8-9,11-12,15,17-18,20-21,24-28,32,35,55H,4-7,10,13-14,16,19,22-23,29-31,33-34,36-54H2,1-3H3/b11-8-,12-9-,18-15-,20-17-,24-21-,27-25-,28-26-,35-32-. The Morgan fingerprint density at radius 3 is 1.17 bits per heavy atom. The number of unbranched alkanes of at least 4 members (excludes halogenated alkanes) is 22. The Bertz CT molecular complexity index is 1300. The van der Waals surface area contributed by atoms with Gasteiger partial charge in [-0.1, -0.05) is 214 Å². The molecule has 0 aromatic carbocycles. The third-order valence-corrected chi connectivity index (χ3v) is 10.9. The summed E-state index contributed by atoms with van der Waals surface area (Å²) in [5.41, 5.74) is 0. The van der Waals surface area contributed by atoms with E-state index in [1.54, 1.807) is 0 Å². The summed E-state index contributed by atoms with van der Waals surface area (Å²) in [5, 5.41) is 0. The first-order valence-corrected chi connectivity index (χ1v) is 26.3. The van der Waals surface area contributed by atoms with E-state index in [2.05, 4.69) is 81.5 Å². The van der Waals surface area contributed by atoms with Gasteiger partial charge in [-0.05, 0) is 96.3 Å². The molecule has 0 spiro atoms. The van der Waals surface area contributed by atoms with Gasteiger partial charge in [-0.15, -0.1) is 0 Å². The van der Waals surface area contributed by atoms with Crippen molar-refractivity contribution in [3.63, 3.8) is 0 Å². The van der Waals surface area contributed by atoms with Crippen molar-refractivity contribution in [1.29, 1.82) is 0 Å². The van der Waals surface area contributed by atoms with E-state index in [9.17, 15) is 14.4 Å². The molecule has 0 aromatic rings. The zero-order valence-electron chi connectivity index (χ0n) is 41.5. The molecule has 0 aliphatic carbocycles. The van der Waals surface area contributed by atoms with Crippen LogP contribution in [0.25, 0.3) is 0 Å². The summed E-state index contributed by atoms with van der Waals surface area (Å²) >= 11 is 0. The van der Waals surface area contributed by atoms with E-state index in [0.717, 1.165) is 103 Å². The normalized spacial score (nSPS) is 12.9. The molecule has 0 fully saturated rings. The van der Waals surface area contributed by atoms with Crippen LogP contribution in [-0.4, -0.2) is 37.2 Å². The van der Waals surface area contributed by atoms with Crippen molar-refractivity contribution in [1.82, 2.24) is 0 Å². The molecule has 0 aliphatic heterocycles. The van der Waals surface area contributed by atoms with Crippen LogP contribution in [0, 0.1) is 0 Å². The van der Waals surface area contributed by atoms with Crippen molar-refractivity contribution in [2.75, 3.05) is 13.2 Å². The second-order valence-electron chi connectivity index (χ2n) is 17.1. The quantitative estimate of drug-likeness (QED) is 0.0199. The highest BCUT2D eigenvalue weighted by Gasteiger charge is 2.19. The van der Waals surface area contributed by atoms with E-state index >= 15 is 0 Å². The van der Waals surface area contributed by atoms with Gasteiger partial charge in [-0.25, -0.2) is 0 Å². The average molecular weight is 889 g/mol. The van der Waals surface area contributed by atoms with Crippen LogP contribution in [0.15, 0.2) is 97.2 Å². The second-order valence-corrected chi connectivity index (χ2v) is 17.1. The van der Waals surface area contributed by atoms with Crippen molar-refractivity contribution in [2.24, 2.45) is 0 Å². The Labute approximate surface area is 394 Å². The number of ether oxygens (including phenoxy) is 3. The molecule has 0 heterocycles. The lowest BCUT2D eigenvalue weighted by molar-refractivity contribution is -0.167. The second kappa shape index (κ2) is 52.0. The number of allylic oxidation sites excluding steroid dienone is 16. The Kier molecular flexibility index (Phi) is 49.0. The van der Waals surface area contributed by atoms with Gasteiger partial charge in [0.25, 0.3) is 0 Å². The minimum absolute atomic E-state index is 0.0989. The van der Waals surface area contributed by atoms with E-state index in [4.69, 9.17) is 14.2 Å². The average Bonchev–Trinajstić information content (AvgIpc) is 3.29. The highest BCUT2D eigenvalue weighted by molar-refractivity contribution is 5.71. The summed E-state index contributed by atoms with van der Waals surface area (Å²) in [7, 11) is 0. The number of esters is 3. The molecule has 0 bridgehead atoms. The maximum Gasteiger partial charge on any atom is 0.306 e. The van der Waals surface area contributed by atoms with E-state index in [0.29, 0.717) is 19.3 Å². The minimum atomic E-state index is -0.803. The van der Waals surface area contributed by atoms with Crippen molar-refractivity contribution in [2.45, 2.75) is 239 Å². The van der Waals surface area contributed by atoms with Gasteiger partial charge >= 0.3 is 17.9 Å². The number of carbonyl (C=O) groups is 3. The van der Waals surface area contributed by atoms with Gasteiger partial charge in [0.1, 0.15) is 13.2 Å². The summed E-state index contributed by atoms with van der Waals surface area (Å²) in [5.74, 6) is -0.959. The molecule has 364 valence electrons. The molecule has 0 N–H and O–H groups in total. The highest BCUT2D eigenvalue weighted by atomic mass is 16.6. The predicted octanol–water partition coefficient (Wildman–Crippen LogP) is 17.4. The van der Waals surface area contributed by atoms with Gasteiger partial charge in [-0.2, -0.15) is 0 Å². The SMILES string of the molecule is CC\C=C/C=C\C=C/C=C\CCCCCC(=O)OCC(COC(=O)CCCCCCCCC/C=C\CCCCCCCC)OC(=O)CCCCCCCC/C=C\C/C=C\C/C=C\CC. The highest BCUT2D eigenvalue weighted by Crippen LogP contribution is 2.14. The van der Waals surface area contributed by atoms with Gasteiger partial charge in [0.2, 0.25) is 0 Å². The summed E-state index contributed by atoms with van der Waals surface area (Å²) in [6.07, 6.45) is 68.2. The van der Waals surface area contributed by atoms with Gasteiger partial charge in [0.05, 0.1) is 0 Å². The van der Waals surface area contributed by atoms with Crippen LogP contribution in [0.1, 0.15) is 233 Å². The van der Waals surface area contributed by atoms with E-state index in [-0.39, 0.29) is 31.1 Å². The Morgan fingerprint density at radius 2 is 0.688 bits per heavy atom. The lowest BCUT2D eigenvalue weighted by atomic mass is 10.1. The van der Waals surface area contributed by atoms with Crippen LogP contribution in [0.3, 0.4) is 0 Å². The number of carbonyl (C=O) groups excluding carboxylic acids is 3. The largest absolute Gasteiger partial charge is 0.462 e. The molecular weight excluding hydrogens is 793 g/mol. The fraction of sp³-hybridized carbons (Fsp3) is 0.672. The van der Waals surface area contributed by atoms with Crippen molar-refractivity contribution < 1.29 is 28.6 Å². The van der Waals surface area contributed by atoms with Crippen LogP contribution in [-0.2, 0) is 28.6 Å². The van der Waals surface area contributed by atoms with Gasteiger partial charge < -0.3 is 14.2 Å². The lowest BCUT2D eigenvalue weighted by Gasteiger charge is -2.18. The van der Waals surface area contributed by atoms with Gasteiger partial charge in [0.15, 0.2) is 6.10 Å². The molecule has 0 rings (SSSR count). The molecule has 1 atom stereocenters. The molecule has 64 heavy (non-hydrogen) atoms. The summed E-state index contributed by atoms with van der Waals surface area (Å²) in [6.45, 7) is 6.33. The Balaban J connectivity index is 4.46. The Hall–Kier alpha value is -3.67. The molecular formula is C58H96O6. The molecule has 0 amide bonds. The molecule has 0 saturated carbocycles. The smallest absolute Gasteiger partial charge is 0.306 e. The fourth-order valence-corrected chi connectivity index (χ4v) is 6.99. The number of hydrogen-bond donors (Lipinski definition) is 0. The molecule has 6 nitrogen and oxygen atoms in total.